The minimum absolute atomic E-state index is 0.0223. The van der Waals surface area contributed by atoms with Gasteiger partial charge in [0.1, 0.15) is 0 Å². The lowest BCUT2D eigenvalue weighted by atomic mass is 9.96. The van der Waals surface area contributed by atoms with Crippen molar-refractivity contribution in [2.45, 2.75) is 27.7 Å². The van der Waals surface area contributed by atoms with E-state index < -0.39 is 0 Å². The van der Waals surface area contributed by atoms with Crippen molar-refractivity contribution < 1.29 is 4.79 Å². The lowest BCUT2D eigenvalue weighted by Gasteiger charge is -2.07. The molecule has 0 spiro atoms. The van der Waals surface area contributed by atoms with Gasteiger partial charge in [-0.15, -0.1) is 0 Å². The van der Waals surface area contributed by atoms with Crippen molar-refractivity contribution in [1.29, 1.82) is 0 Å². The zero-order valence-electron chi connectivity index (χ0n) is 15.8. The zero-order chi connectivity index (χ0) is 18.8. The summed E-state index contributed by atoms with van der Waals surface area (Å²) in [5.74, 6) is 0.200. The number of ketones is 1. The molecule has 25 heavy (non-hydrogen) atoms. The fraction of sp³-hybridized carbons (Fsp3) is 0.208. The maximum Gasteiger partial charge on any atom is 0.165 e. The van der Waals surface area contributed by atoms with Gasteiger partial charge in [0.05, 0.1) is 0 Å². The molecule has 2 aromatic rings. The number of benzene rings is 2. The molecule has 2 aromatic carbocycles. The van der Waals surface area contributed by atoms with Crippen LogP contribution in [0.15, 0.2) is 79.9 Å². The number of carbonyl (C=O) groups is 1. The Bertz CT molecular complexity index is 729. The summed E-state index contributed by atoms with van der Waals surface area (Å²) < 4.78 is 0. The van der Waals surface area contributed by atoms with Crippen LogP contribution in [0, 0.1) is 5.92 Å². The van der Waals surface area contributed by atoms with Crippen LogP contribution in [0.5, 0.6) is 0 Å². The third-order valence-electron chi connectivity index (χ3n) is 3.76. The molecule has 0 aliphatic heterocycles. The molecule has 130 valence electrons. The molecule has 0 atom stereocenters. The second kappa shape index (κ2) is 10.2. The second-order valence-electron chi connectivity index (χ2n) is 5.74. The minimum Gasteiger partial charge on any atom is -0.294 e. The van der Waals surface area contributed by atoms with Crippen LogP contribution >= 0.6 is 0 Å². The second-order valence-corrected chi connectivity index (χ2v) is 5.74. The van der Waals surface area contributed by atoms with Crippen molar-refractivity contribution in [3.63, 3.8) is 0 Å². The van der Waals surface area contributed by atoms with E-state index in [0.717, 1.165) is 27.8 Å². The van der Waals surface area contributed by atoms with Gasteiger partial charge in [-0.05, 0) is 22.3 Å². The van der Waals surface area contributed by atoms with Crippen LogP contribution in [0.4, 0.5) is 0 Å². The molecule has 0 aromatic heterocycles. The monoisotopic (exact) mass is 332 g/mol. The van der Waals surface area contributed by atoms with Crippen molar-refractivity contribution >= 4 is 11.4 Å². The average Bonchev–Trinajstić information content (AvgIpc) is 2.67. The Morgan fingerprint density at radius 3 is 1.64 bits per heavy atom. The van der Waals surface area contributed by atoms with E-state index in [1.807, 2.05) is 64.1 Å². The number of hydrogen-bond acceptors (Lipinski definition) is 1. The van der Waals surface area contributed by atoms with E-state index in [1.54, 1.807) is 6.08 Å². The first-order chi connectivity index (χ1) is 12.1. The van der Waals surface area contributed by atoms with E-state index in [1.165, 1.54) is 0 Å². The van der Waals surface area contributed by atoms with Crippen LogP contribution in [0.1, 0.15) is 43.6 Å². The van der Waals surface area contributed by atoms with Crippen LogP contribution < -0.4 is 0 Å². The van der Waals surface area contributed by atoms with Crippen molar-refractivity contribution in [3.8, 4) is 11.1 Å². The normalized spacial score (nSPS) is 10.7. The number of rotatable bonds is 6. The Morgan fingerprint density at radius 2 is 1.28 bits per heavy atom. The Morgan fingerprint density at radius 1 is 0.840 bits per heavy atom. The molecule has 0 amide bonds. The lowest BCUT2D eigenvalue weighted by molar-refractivity contribution is 0.0939. The molecule has 0 fully saturated rings. The first-order valence-electron chi connectivity index (χ1n) is 8.77. The van der Waals surface area contributed by atoms with Gasteiger partial charge in [0.25, 0.3) is 0 Å². The first kappa shape index (κ1) is 20.4. The highest BCUT2D eigenvalue weighted by Crippen LogP contribution is 2.24. The van der Waals surface area contributed by atoms with Crippen LogP contribution in [-0.4, -0.2) is 5.78 Å². The quantitative estimate of drug-likeness (QED) is 0.412. The van der Waals surface area contributed by atoms with E-state index in [2.05, 4.69) is 37.4 Å². The van der Waals surface area contributed by atoms with Gasteiger partial charge in [0.2, 0.25) is 0 Å². The first-order valence-corrected chi connectivity index (χ1v) is 8.77. The summed E-state index contributed by atoms with van der Waals surface area (Å²) in [5, 5.41) is 0. The van der Waals surface area contributed by atoms with Crippen molar-refractivity contribution in [2.75, 3.05) is 0 Å². The van der Waals surface area contributed by atoms with Crippen LogP contribution in [-0.2, 0) is 0 Å². The zero-order valence-corrected chi connectivity index (χ0v) is 15.8. The van der Waals surface area contributed by atoms with Gasteiger partial charge in [0.15, 0.2) is 5.78 Å². The van der Waals surface area contributed by atoms with E-state index in [9.17, 15) is 4.79 Å². The summed E-state index contributed by atoms with van der Waals surface area (Å²) >= 11 is 0. The molecule has 0 saturated carbocycles. The highest BCUT2D eigenvalue weighted by molar-refractivity contribution is 5.97. The standard InChI is InChI=1S/C22H22O.C2H6/c1-5-7-17(6-2)18-8-10-19(11-9-18)20-12-14-21(15-13-20)22(23)16(3)4;1-2/h5-16H,1-2H2,3-4H3;1-2H3/b17-7+;. The third-order valence-corrected chi connectivity index (χ3v) is 3.76. The highest BCUT2D eigenvalue weighted by Gasteiger charge is 2.10. The largest absolute Gasteiger partial charge is 0.294 e. The number of Topliss-reactive ketones (excluding diaryl/α,β-unsaturated/α-hetero) is 1. The predicted octanol–water partition coefficient (Wildman–Crippen LogP) is 6.97. The summed E-state index contributed by atoms with van der Waals surface area (Å²) in [7, 11) is 0. The summed E-state index contributed by atoms with van der Waals surface area (Å²) in [6.07, 6.45) is 5.52. The number of carbonyl (C=O) groups excluding carboxylic acids is 1. The van der Waals surface area contributed by atoms with Crippen LogP contribution in [0.25, 0.3) is 16.7 Å². The Hall–Kier alpha value is -2.67. The highest BCUT2D eigenvalue weighted by atomic mass is 16.1. The van der Waals surface area contributed by atoms with Gasteiger partial charge in [-0.1, -0.05) is 108 Å². The molecular weight excluding hydrogens is 304 g/mol. The van der Waals surface area contributed by atoms with E-state index >= 15 is 0 Å². The summed E-state index contributed by atoms with van der Waals surface area (Å²) in [5.41, 5.74) is 5.15. The molecule has 2 rings (SSSR count). The minimum atomic E-state index is 0.0223. The predicted molar refractivity (Wildman–Crippen MR) is 111 cm³/mol. The average molecular weight is 332 g/mol. The fourth-order valence-electron chi connectivity index (χ4n) is 2.42. The number of allylic oxidation sites excluding steroid dienone is 4. The van der Waals surface area contributed by atoms with Crippen molar-refractivity contribution in [3.05, 3.63) is 91.0 Å². The fourth-order valence-corrected chi connectivity index (χ4v) is 2.42. The van der Waals surface area contributed by atoms with Gasteiger partial charge < -0.3 is 0 Å². The van der Waals surface area contributed by atoms with Crippen LogP contribution in [0.2, 0.25) is 0 Å². The SMILES string of the molecule is C=C/C=C(\C=C)c1ccc(-c2ccc(C(=O)C(C)C)cc2)cc1.CC. The van der Waals surface area contributed by atoms with Gasteiger partial charge >= 0.3 is 0 Å². The molecular formula is C24H28O. The van der Waals surface area contributed by atoms with Gasteiger partial charge in [-0.2, -0.15) is 0 Å². The van der Waals surface area contributed by atoms with Crippen LogP contribution in [0.3, 0.4) is 0 Å². The molecule has 0 unspecified atom stereocenters. The van der Waals surface area contributed by atoms with Crippen molar-refractivity contribution in [1.82, 2.24) is 0 Å². The summed E-state index contributed by atoms with van der Waals surface area (Å²) in [6, 6.07) is 16.1. The smallest absolute Gasteiger partial charge is 0.165 e. The Labute approximate surface area is 152 Å². The topological polar surface area (TPSA) is 17.1 Å². The van der Waals surface area contributed by atoms with Gasteiger partial charge in [0, 0.05) is 11.5 Å². The molecule has 0 heterocycles. The maximum atomic E-state index is 12.0. The molecule has 0 bridgehead atoms. The van der Waals surface area contributed by atoms with E-state index in [0.29, 0.717) is 0 Å². The van der Waals surface area contributed by atoms with Gasteiger partial charge in [-0.3, -0.25) is 4.79 Å². The molecule has 0 saturated heterocycles. The third kappa shape index (κ3) is 5.42. The van der Waals surface area contributed by atoms with E-state index in [-0.39, 0.29) is 11.7 Å². The summed E-state index contributed by atoms with van der Waals surface area (Å²) in [6.45, 7) is 15.4. The molecule has 0 radical (unpaired) electrons. The summed E-state index contributed by atoms with van der Waals surface area (Å²) in [4.78, 5) is 12.0. The van der Waals surface area contributed by atoms with E-state index in [4.69, 9.17) is 0 Å². The van der Waals surface area contributed by atoms with Gasteiger partial charge in [-0.25, -0.2) is 0 Å². The Kier molecular flexibility index (Phi) is 8.35. The molecule has 0 aliphatic carbocycles. The Balaban J connectivity index is 0.00000151. The molecule has 0 N–H and O–H groups in total. The lowest BCUT2D eigenvalue weighted by Crippen LogP contribution is -2.06. The van der Waals surface area contributed by atoms with Crippen molar-refractivity contribution in [2.24, 2.45) is 5.92 Å². The number of hydrogen-bond donors (Lipinski definition) is 0. The molecule has 1 heteroatoms. The molecule has 0 aliphatic rings. The molecule has 1 nitrogen and oxygen atoms in total. The maximum absolute atomic E-state index is 12.0.